The Hall–Kier alpha value is -3.58. The molecule has 0 aromatic heterocycles. The van der Waals surface area contributed by atoms with Crippen LogP contribution in [0.4, 0.5) is 0 Å². The number of para-hydroxylation sites is 1. The Balaban J connectivity index is 1.77. The Kier molecular flexibility index (Phi) is 4.50. The van der Waals surface area contributed by atoms with Crippen LogP contribution >= 0.6 is 0 Å². The first-order valence-electron chi connectivity index (χ1n) is 10.0. The highest BCUT2D eigenvalue weighted by molar-refractivity contribution is 5.71. The van der Waals surface area contributed by atoms with Crippen molar-refractivity contribution in [2.45, 2.75) is 11.8 Å². The minimum absolute atomic E-state index is 0.303. The van der Waals surface area contributed by atoms with Crippen molar-refractivity contribution in [2.24, 2.45) is 0 Å². The zero-order valence-electron chi connectivity index (χ0n) is 16.2. The molecule has 5 rings (SSSR count). The van der Waals surface area contributed by atoms with Gasteiger partial charge >= 0.3 is 0 Å². The van der Waals surface area contributed by atoms with Crippen molar-refractivity contribution in [3.63, 3.8) is 0 Å². The summed E-state index contributed by atoms with van der Waals surface area (Å²) < 4.78 is 6.39. The fraction of sp³-hybridized carbons (Fsp3) is 0.0714. The van der Waals surface area contributed by atoms with Crippen LogP contribution in [0.15, 0.2) is 121 Å². The number of rotatable bonds is 4. The van der Waals surface area contributed by atoms with Crippen LogP contribution in [0.25, 0.3) is 5.76 Å². The van der Waals surface area contributed by atoms with Crippen LogP contribution in [-0.2, 0) is 11.8 Å². The third kappa shape index (κ3) is 3.25. The number of allylic oxidation sites excluding steroid dienone is 1. The van der Waals surface area contributed by atoms with E-state index in [4.69, 9.17) is 4.74 Å². The second-order valence-electron chi connectivity index (χ2n) is 7.47. The van der Waals surface area contributed by atoms with Gasteiger partial charge in [0.05, 0.1) is 0 Å². The van der Waals surface area contributed by atoms with Gasteiger partial charge in [-0.25, -0.2) is 0 Å². The van der Waals surface area contributed by atoms with Gasteiger partial charge in [0.25, 0.3) is 0 Å². The molecule has 0 radical (unpaired) electrons. The number of fused-ring (bicyclic) bond motifs is 1. The minimum atomic E-state index is -0.303. The van der Waals surface area contributed by atoms with Gasteiger partial charge in [-0.3, -0.25) is 0 Å². The van der Waals surface area contributed by atoms with Gasteiger partial charge in [0.15, 0.2) is 0 Å². The van der Waals surface area contributed by atoms with E-state index in [9.17, 15) is 0 Å². The molecular formula is C28H22O. The molecule has 0 aliphatic carbocycles. The molecule has 4 aromatic rings. The highest BCUT2D eigenvalue weighted by Gasteiger charge is 2.39. The van der Waals surface area contributed by atoms with Crippen LogP contribution in [0.2, 0.25) is 0 Å². The molecular weight excluding hydrogens is 352 g/mol. The lowest BCUT2D eigenvalue weighted by atomic mass is 9.68. The number of benzene rings is 4. The van der Waals surface area contributed by atoms with Gasteiger partial charge in [0.2, 0.25) is 0 Å². The monoisotopic (exact) mass is 374 g/mol. The lowest BCUT2D eigenvalue weighted by Crippen LogP contribution is -2.32. The summed E-state index contributed by atoms with van der Waals surface area (Å²) in [6.07, 6.45) is 3.18. The fourth-order valence-electron chi connectivity index (χ4n) is 4.26. The molecule has 0 amide bonds. The van der Waals surface area contributed by atoms with E-state index in [1.165, 1.54) is 16.7 Å². The molecule has 0 spiro atoms. The summed E-state index contributed by atoms with van der Waals surface area (Å²) in [6.45, 7) is 0. The molecule has 0 unspecified atom stereocenters. The second-order valence-corrected chi connectivity index (χ2v) is 7.47. The van der Waals surface area contributed by atoms with Crippen LogP contribution in [0, 0.1) is 0 Å². The van der Waals surface area contributed by atoms with Crippen molar-refractivity contribution < 1.29 is 4.74 Å². The normalized spacial score (nSPS) is 17.7. The summed E-state index contributed by atoms with van der Waals surface area (Å²) in [7, 11) is 0. The Bertz CT molecular complexity index is 1130. The van der Waals surface area contributed by atoms with E-state index in [0.717, 1.165) is 23.5 Å². The van der Waals surface area contributed by atoms with Crippen LogP contribution in [0.1, 0.15) is 22.3 Å². The zero-order valence-corrected chi connectivity index (χ0v) is 16.2. The minimum Gasteiger partial charge on any atom is -0.457 e. The summed E-state index contributed by atoms with van der Waals surface area (Å²) in [6, 6.07) is 40.3. The molecule has 140 valence electrons. The molecule has 0 bridgehead atoms. The molecule has 1 heterocycles. The molecule has 0 N–H and O–H groups in total. The first-order chi connectivity index (χ1) is 14.4. The fourth-order valence-corrected chi connectivity index (χ4v) is 4.26. The third-order valence-electron chi connectivity index (χ3n) is 5.64. The highest BCUT2D eigenvalue weighted by Crippen LogP contribution is 2.47. The predicted molar refractivity (Wildman–Crippen MR) is 119 cm³/mol. The molecule has 29 heavy (non-hydrogen) atoms. The van der Waals surface area contributed by atoms with E-state index in [0.29, 0.717) is 0 Å². The maximum absolute atomic E-state index is 6.39. The number of ether oxygens (including phenoxy) is 1. The van der Waals surface area contributed by atoms with Gasteiger partial charge in [-0.2, -0.15) is 0 Å². The van der Waals surface area contributed by atoms with E-state index in [2.05, 4.69) is 109 Å². The zero-order chi connectivity index (χ0) is 19.5. The molecule has 0 saturated carbocycles. The molecule has 1 nitrogen and oxygen atoms in total. The summed E-state index contributed by atoms with van der Waals surface area (Å²) in [4.78, 5) is 0. The van der Waals surface area contributed by atoms with Crippen LogP contribution in [-0.4, -0.2) is 0 Å². The van der Waals surface area contributed by atoms with Crippen molar-refractivity contribution in [1.82, 2.24) is 0 Å². The van der Waals surface area contributed by atoms with Gasteiger partial charge in [-0.1, -0.05) is 109 Å². The maximum Gasteiger partial charge on any atom is 0.131 e. The quantitative estimate of drug-likeness (QED) is 0.389. The van der Waals surface area contributed by atoms with E-state index in [1.54, 1.807) is 0 Å². The van der Waals surface area contributed by atoms with Crippen molar-refractivity contribution in [2.75, 3.05) is 0 Å². The SMILES string of the molecule is C1=C(c2ccccc2)Oc2ccccc2[C@]1(Cc1ccccc1)c1ccccc1. The van der Waals surface area contributed by atoms with E-state index in [1.807, 2.05) is 12.1 Å². The summed E-state index contributed by atoms with van der Waals surface area (Å²) in [5.74, 6) is 1.83. The Labute approximate surface area is 171 Å². The van der Waals surface area contributed by atoms with Crippen molar-refractivity contribution in [1.29, 1.82) is 0 Å². The summed E-state index contributed by atoms with van der Waals surface area (Å²) in [5, 5.41) is 0. The average Bonchev–Trinajstić information content (AvgIpc) is 2.81. The first kappa shape index (κ1) is 17.5. The van der Waals surface area contributed by atoms with Crippen LogP contribution in [0.5, 0.6) is 5.75 Å². The molecule has 1 heteroatoms. The first-order valence-corrected chi connectivity index (χ1v) is 10.0. The topological polar surface area (TPSA) is 9.23 Å². The van der Waals surface area contributed by atoms with E-state index >= 15 is 0 Å². The lowest BCUT2D eigenvalue weighted by molar-refractivity contribution is 0.458. The average molecular weight is 374 g/mol. The molecule has 1 aliphatic heterocycles. The summed E-state index contributed by atoms with van der Waals surface area (Å²) in [5.41, 5.74) is 4.57. The van der Waals surface area contributed by atoms with Gasteiger partial charge < -0.3 is 4.74 Å². The largest absolute Gasteiger partial charge is 0.457 e. The summed E-state index contributed by atoms with van der Waals surface area (Å²) >= 11 is 0. The van der Waals surface area contributed by atoms with Gasteiger partial charge in [-0.15, -0.1) is 0 Å². The van der Waals surface area contributed by atoms with E-state index < -0.39 is 0 Å². The molecule has 0 fully saturated rings. The Morgan fingerprint density at radius 3 is 1.90 bits per heavy atom. The molecule has 0 saturated heterocycles. The van der Waals surface area contributed by atoms with Crippen LogP contribution < -0.4 is 4.74 Å². The van der Waals surface area contributed by atoms with Crippen LogP contribution in [0.3, 0.4) is 0 Å². The van der Waals surface area contributed by atoms with Crippen molar-refractivity contribution in [3.8, 4) is 5.75 Å². The van der Waals surface area contributed by atoms with Gasteiger partial charge in [0, 0.05) is 16.5 Å². The molecule has 1 aliphatic rings. The van der Waals surface area contributed by atoms with E-state index in [-0.39, 0.29) is 5.41 Å². The van der Waals surface area contributed by atoms with Crippen molar-refractivity contribution in [3.05, 3.63) is 144 Å². The second kappa shape index (κ2) is 7.44. The molecule has 1 atom stereocenters. The van der Waals surface area contributed by atoms with Gasteiger partial charge in [0.1, 0.15) is 11.5 Å². The number of hydrogen-bond donors (Lipinski definition) is 0. The Morgan fingerprint density at radius 1 is 0.586 bits per heavy atom. The lowest BCUT2D eigenvalue weighted by Gasteiger charge is -2.38. The highest BCUT2D eigenvalue weighted by atomic mass is 16.5. The molecule has 4 aromatic carbocycles. The maximum atomic E-state index is 6.39. The number of hydrogen-bond acceptors (Lipinski definition) is 1. The van der Waals surface area contributed by atoms with Crippen molar-refractivity contribution >= 4 is 5.76 Å². The van der Waals surface area contributed by atoms with Gasteiger partial charge in [-0.05, 0) is 29.7 Å². The Morgan fingerprint density at radius 2 is 1.17 bits per heavy atom. The third-order valence-corrected chi connectivity index (χ3v) is 5.64. The predicted octanol–water partition coefficient (Wildman–Crippen LogP) is 6.65. The smallest absolute Gasteiger partial charge is 0.131 e. The standard InChI is InChI=1S/C28H22O/c1-4-12-22(13-5-1)20-28(24-16-8-3-9-17-24)21-27(23-14-6-2-7-15-23)29-26-19-11-10-18-25(26)28/h1-19,21H,20H2/t28-/m0/s1.